The van der Waals surface area contributed by atoms with Gasteiger partial charge in [0.05, 0.1) is 0 Å². The van der Waals surface area contributed by atoms with Crippen molar-refractivity contribution in [2.75, 3.05) is 6.54 Å². The molecule has 3 rings (SSSR count). The van der Waals surface area contributed by atoms with Gasteiger partial charge in [-0.05, 0) is 36.1 Å². The van der Waals surface area contributed by atoms with Gasteiger partial charge in [-0.3, -0.25) is 0 Å². The van der Waals surface area contributed by atoms with E-state index < -0.39 is 0 Å². The summed E-state index contributed by atoms with van der Waals surface area (Å²) < 4.78 is 5.44. The topological polar surface area (TPSA) is 51.0 Å². The van der Waals surface area contributed by atoms with Gasteiger partial charge in [-0.2, -0.15) is 4.98 Å². The van der Waals surface area contributed by atoms with Crippen molar-refractivity contribution in [3.05, 3.63) is 35.2 Å². The van der Waals surface area contributed by atoms with E-state index in [4.69, 9.17) is 4.52 Å². The Balaban J connectivity index is 1.95. The molecule has 0 saturated heterocycles. The monoisotopic (exact) mass is 257 g/mol. The van der Waals surface area contributed by atoms with Crippen molar-refractivity contribution in [3.63, 3.8) is 0 Å². The molecule has 2 aromatic rings. The quantitative estimate of drug-likeness (QED) is 0.918. The molecule has 0 fully saturated rings. The van der Waals surface area contributed by atoms with Crippen LogP contribution >= 0.6 is 0 Å². The smallest absolute Gasteiger partial charge is 0.258 e. The van der Waals surface area contributed by atoms with E-state index in [1.54, 1.807) is 0 Å². The van der Waals surface area contributed by atoms with Gasteiger partial charge < -0.3 is 9.84 Å². The predicted octanol–water partition coefficient (Wildman–Crippen LogP) is 2.58. The summed E-state index contributed by atoms with van der Waals surface area (Å²) in [5.41, 5.74) is 3.79. The van der Waals surface area contributed by atoms with Gasteiger partial charge in [-0.1, -0.05) is 31.1 Å². The van der Waals surface area contributed by atoms with Crippen LogP contribution in [0.25, 0.3) is 11.5 Å². The van der Waals surface area contributed by atoms with E-state index in [0.29, 0.717) is 11.8 Å². The lowest BCUT2D eigenvalue weighted by Gasteiger charge is -2.18. The van der Waals surface area contributed by atoms with Crippen LogP contribution in [0.5, 0.6) is 0 Å². The Hall–Kier alpha value is -1.68. The molecule has 1 aliphatic heterocycles. The fraction of sp³-hybridized carbons (Fsp3) is 0.467. The van der Waals surface area contributed by atoms with Gasteiger partial charge >= 0.3 is 0 Å². The molecule has 0 aliphatic carbocycles. The summed E-state index contributed by atoms with van der Waals surface area (Å²) in [6.45, 7) is 6.26. The van der Waals surface area contributed by atoms with Crippen LogP contribution in [0, 0.1) is 5.92 Å². The Morgan fingerprint density at radius 2 is 2.26 bits per heavy atom. The molecule has 0 atom stereocenters. The van der Waals surface area contributed by atoms with Crippen LogP contribution in [0.2, 0.25) is 0 Å². The fourth-order valence-electron chi connectivity index (χ4n) is 2.54. The molecule has 0 unspecified atom stereocenters. The molecule has 100 valence electrons. The zero-order valence-electron chi connectivity index (χ0n) is 11.4. The van der Waals surface area contributed by atoms with E-state index in [0.717, 1.165) is 37.3 Å². The normalized spacial score (nSPS) is 14.7. The SMILES string of the molecule is CC(C)Cc1noc(-c2cccc3c2CCNC3)n1. The minimum atomic E-state index is 0.541. The molecule has 4 heteroatoms. The van der Waals surface area contributed by atoms with Crippen LogP contribution in [0.1, 0.15) is 30.8 Å². The van der Waals surface area contributed by atoms with Crippen LogP contribution in [-0.4, -0.2) is 16.7 Å². The van der Waals surface area contributed by atoms with Crippen molar-refractivity contribution in [1.29, 1.82) is 0 Å². The van der Waals surface area contributed by atoms with Crippen molar-refractivity contribution in [1.82, 2.24) is 15.5 Å². The maximum Gasteiger partial charge on any atom is 0.258 e. The van der Waals surface area contributed by atoms with E-state index in [9.17, 15) is 0 Å². The highest BCUT2D eigenvalue weighted by atomic mass is 16.5. The van der Waals surface area contributed by atoms with Crippen molar-refractivity contribution in [2.24, 2.45) is 5.92 Å². The van der Waals surface area contributed by atoms with Crippen molar-refractivity contribution < 1.29 is 4.52 Å². The lowest BCUT2D eigenvalue weighted by Crippen LogP contribution is -2.24. The lowest BCUT2D eigenvalue weighted by molar-refractivity contribution is 0.417. The molecule has 1 aliphatic rings. The summed E-state index contributed by atoms with van der Waals surface area (Å²) in [6.07, 6.45) is 1.88. The Bertz CT molecular complexity index is 575. The predicted molar refractivity (Wildman–Crippen MR) is 73.7 cm³/mol. The zero-order chi connectivity index (χ0) is 13.2. The molecule has 19 heavy (non-hydrogen) atoms. The van der Waals surface area contributed by atoms with Gasteiger partial charge in [-0.25, -0.2) is 0 Å². The number of hydrogen-bond acceptors (Lipinski definition) is 4. The molecule has 1 aromatic carbocycles. The number of benzene rings is 1. The number of nitrogens with one attached hydrogen (secondary N) is 1. The number of nitrogens with zero attached hydrogens (tertiary/aromatic N) is 2. The summed E-state index contributed by atoms with van der Waals surface area (Å²) in [7, 11) is 0. The van der Waals surface area contributed by atoms with E-state index in [1.807, 2.05) is 0 Å². The first kappa shape index (κ1) is 12.4. The molecule has 0 bridgehead atoms. The highest BCUT2D eigenvalue weighted by Gasteiger charge is 2.18. The molecule has 0 radical (unpaired) electrons. The van der Waals surface area contributed by atoms with Gasteiger partial charge in [0.25, 0.3) is 5.89 Å². The number of hydrogen-bond donors (Lipinski definition) is 1. The van der Waals surface area contributed by atoms with E-state index >= 15 is 0 Å². The van der Waals surface area contributed by atoms with Crippen LogP contribution < -0.4 is 5.32 Å². The summed E-state index contributed by atoms with van der Waals surface area (Å²) in [5, 5.41) is 7.46. The molecule has 4 nitrogen and oxygen atoms in total. The second kappa shape index (κ2) is 5.13. The summed E-state index contributed by atoms with van der Waals surface area (Å²) in [5.74, 6) is 2.00. The molecule has 0 spiro atoms. The van der Waals surface area contributed by atoms with Gasteiger partial charge in [0, 0.05) is 18.5 Å². The number of fused-ring (bicyclic) bond motifs is 1. The Kier molecular flexibility index (Phi) is 3.34. The Labute approximate surface area is 113 Å². The van der Waals surface area contributed by atoms with Crippen molar-refractivity contribution in [2.45, 2.75) is 33.2 Å². The van der Waals surface area contributed by atoms with Crippen molar-refractivity contribution >= 4 is 0 Å². The van der Waals surface area contributed by atoms with Gasteiger partial charge in [0.1, 0.15) is 0 Å². The first-order valence-electron chi connectivity index (χ1n) is 6.88. The number of rotatable bonds is 3. The van der Waals surface area contributed by atoms with E-state index in [-0.39, 0.29) is 0 Å². The van der Waals surface area contributed by atoms with Crippen LogP contribution in [0.4, 0.5) is 0 Å². The van der Waals surface area contributed by atoms with Gasteiger partial charge in [0.15, 0.2) is 5.82 Å². The van der Waals surface area contributed by atoms with Crippen LogP contribution in [0.15, 0.2) is 22.7 Å². The third-order valence-corrected chi connectivity index (χ3v) is 3.43. The van der Waals surface area contributed by atoms with Crippen LogP contribution in [0.3, 0.4) is 0 Å². The molecule has 1 N–H and O–H groups in total. The number of aromatic nitrogens is 2. The van der Waals surface area contributed by atoms with Gasteiger partial charge in [0.2, 0.25) is 0 Å². The molecule has 0 saturated carbocycles. The molecule has 0 amide bonds. The summed E-state index contributed by atoms with van der Waals surface area (Å²) in [6, 6.07) is 6.31. The zero-order valence-corrected chi connectivity index (χ0v) is 11.4. The van der Waals surface area contributed by atoms with Crippen molar-refractivity contribution in [3.8, 4) is 11.5 Å². The fourth-order valence-corrected chi connectivity index (χ4v) is 2.54. The standard InChI is InChI=1S/C15H19N3O/c1-10(2)8-14-17-15(19-18-14)13-5-3-4-11-9-16-7-6-12(11)13/h3-5,10,16H,6-9H2,1-2H3. The summed E-state index contributed by atoms with van der Waals surface area (Å²) in [4.78, 5) is 4.53. The second-order valence-electron chi connectivity index (χ2n) is 5.48. The summed E-state index contributed by atoms with van der Waals surface area (Å²) >= 11 is 0. The average Bonchev–Trinajstić information content (AvgIpc) is 2.85. The molecular formula is C15H19N3O. The highest BCUT2D eigenvalue weighted by Crippen LogP contribution is 2.27. The third kappa shape index (κ3) is 2.54. The molecule has 2 heterocycles. The first-order valence-corrected chi connectivity index (χ1v) is 6.88. The minimum Gasteiger partial charge on any atom is -0.334 e. The van der Waals surface area contributed by atoms with E-state index in [2.05, 4.69) is 47.5 Å². The van der Waals surface area contributed by atoms with Gasteiger partial charge in [-0.15, -0.1) is 0 Å². The minimum absolute atomic E-state index is 0.541. The largest absolute Gasteiger partial charge is 0.334 e. The maximum atomic E-state index is 5.44. The van der Waals surface area contributed by atoms with Crippen LogP contribution in [-0.2, 0) is 19.4 Å². The Morgan fingerprint density at radius 3 is 3.11 bits per heavy atom. The third-order valence-electron chi connectivity index (χ3n) is 3.43. The molecular weight excluding hydrogens is 238 g/mol. The lowest BCUT2D eigenvalue weighted by atomic mass is 9.95. The van der Waals surface area contributed by atoms with E-state index in [1.165, 1.54) is 11.1 Å². The first-order chi connectivity index (χ1) is 9.24. The molecule has 1 aromatic heterocycles. The Morgan fingerprint density at radius 1 is 1.37 bits per heavy atom. The average molecular weight is 257 g/mol. The second-order valence-corrected chi connectivity index (χ2v) is 5.48. The highest BCUT2D eigenvalue weighted by molar-refractivity contribution is 5.61. The maximum absolute atomic E-state index is 5.44.